The number of phenols is 1. The fourth-order valence-electron chi connectivity index (χ4n) is 1.59. The molecule has 1 aliphatic carbocycles. The van der Waals surface area contributed by atoms with Crippen LogP contribution >= 0.6 is 16.8 Å². The maximum absolute atomic E-state index is 11.1. The minimum absolute atomic E-state index is 0.107. The van der Waals surface area contributed by atoms with Crippen molar-refractivity contribution in [3.05, 3.63) is 46.6 Å². The second-order valence-electron chi connectivity index (χ2n) is 4.07. The number of nitrogens with two attached hydrogens (primary N) is 1. The van der Waals surface area contributed by atoms with Crippen molar-refractivity contribution in [2.75, 3.05) is 0 Å². The van der Waals surface area contributed by atoms with Crippen LogP contribution in [0.3, 0.4) is 0 Å². The Morgan fingerprint density at radius 3 is 2.29 bits per heavy atom. The summed E-state index contributed by atoms with van der Waals surface area (Å²) in [6.45, 7) is 0. The van der Waals surface area contributed by atoms with Crippen LogP contribution in [-0.2, 0) is 4.57 Å². The van der Waals surface area contributed by atoms with Gasteiger partial charge in [-0.05, 0) is 24.3 Å². The topological polar surface area (TPSA) is 187 Å². The molecular formula is C12H13N2O8P2+. The van der Waals surface area contributed by atoms with Crippen molar-refractivity contribution in [3.8, 4) is 17.2 Å². The summed E-state index contributed by atoms with van der Waals surface area (Å²) < 4.78 is 14.2. The normalized spacial score (nSPS) is 9.92. The highest BCUT2D eigenvalue weighted by atomic mass is 31.2. The Hall–Kier alpha value is -2.03. The molecule has 10 nitrogen and oxygen atoms in total. The van der Waals surface area contributed by atoms with Gasteiger partial charge in [-0.15, -0.1) is 9.79 Å². The summed E-state index contributed by atoms with van der Waals surface area (Å²) in [6.07, 6.45) is 0. The molecule has 0 saturated heterocycles. The van der Waals surface area contributed by atoms with Crippen LogP contribution < -0.4 is 10.9 Å². The van der Waals surface area contributed by atoms with E-state index in [-0.39, 0.29) is 11.2 Å². The van der Waals surface area contributed by atoms with E-state index in [1.807, 2.05) is 0 Å². The molecule has 128 valence electrons. The van der Waals surface area contributed by atoms with E-state index >= 15 is 0 Å². The average Bonchev–Trinajstić information content (AvgIpc) is 2.44. The van der Waals surface area contributed by atoms with Gasteiger partial charge in [0.05, 0.1) is 0 Å². The minimum Gasteiger partial charge on any atom is -0.508 e. The smallest absolute Gasteiger partial charge is 0.508 e. The third-order valence-electron chi connectivity index (χ3n) is 2.34. The highest BCUT2D eigenvalue weighted by Gasteiger charge is 2.09. The molecule has 1 aliphatic heterocycles. The lowest BCUT2D eigenvalue weighted by Gasteiger charge is -2.05. The van der Waals surface area contributed by atoms with Crippen LogP contribution in [0.5, 0.6) is 5.75 Å². The number of hydrogen-bond donors (Lipinski definition) is 6. The maximum atomic E-state index is 11.1. The second-order valence-corrected chi connectivity index (χ2v) is 5.21. The molecule has 1 aromatic rings. The van der Waals surface area contributed by atoms with Gasteiger partial charge in [0, 0.05) is 16.7 Å². The Labute approximate surface area is 136 Å². The fourth-order valence-corrected chi connectivity index (χ4v) is 1.59. The third-order valence-corrected chi connectivity index (χ3v) is 2.34. The summed E-state index contributed by atoms with van der Waals surface area (Å²) in [5.41, 5.74) is 5.88. The monoisotopic (exact) mass is 375 g/mol. The van der Waals surface area contributed by atoms with Crippen LogP contribution in [-0.4, -0.2) is 29.7 Å². The summed E-state index contributed by atoms with van der Waals surface area (Å²) in [4.78, 5) is 44.6. The van der Waals surface area contributed by atoms with E-state index in [1.165, 1.54) is 18.2 Å². The Kier molecular flexibility index (Phi) is 7.76. The summed E-state index contributed by atoms with van der Waals surface area (Å²) >= 11 is 0. The van der Waals surface area contributed by atoms with Crippen LogP contribution in [0, 0.1) is 0 Å². The predicted octanol–water partition coefficient (Wildman–Crippen LogP) is 0.783. The van der Waals surface area contributed by atoms with E-state index in [0.29, 0.717) is 22.6 Å². The molecule has 0 amide bonds. The average molecular weight is 375 g/mol. The number of hydrogen-bond acceptors (Lipinski definition) is 8. The zero-order valence-electron chi connectivity index (χ0n) is 11.8. The van der Waals surface area contributed by atoms with Crippen LogP contribution in [0.4, 0.5) is 0 Å². The Morgan fingerprint density at radius 1 is 1.12 bits per heavy atom. The van der Waals surface area contributed by atoms with Gasteiger partial charge in [0.1, 0.15) is 17.0 Å². The SMILES string of the molecule is NP(O)O.O=[P+](O)O.O=c1ccc2nc3ccc(O)cc3oc-2c1. The van der Waals surface area contributed by atoms with Gasteiger partial charge in [-0.25, -0.2) is 4.98 Å². The first-order valence-electron chi connectivity index (χ1n) is 6.00. The van der Waals surface area contributed by atoms with Gasteiger partial charge in [-0.3, -0.25) is 10.3 Å². The number of nitrogens with zero attached hydrogens (tertiary/aromatic N) is 1. The Bertz CT molecular complexity index is 847. The zero-order valence-corrected chi connectivity index (χ0v) is 13.6. The van der Waals surface area contributed by atoms with Gasteiger partial charge >= 0.3 is 8.25 Å². The zero-order chi connectivity index (χ0) is 18.3. The van der Waals surface area contributed by atoms with E-state index in [9.17, 15) is 9.90 Å². The number of fused-ring (bicyclic) bond motifs is 2. The van der Waals surface area contributed by atoms with Gasteiger partial charge in [0.25, 0.3) is 0 Å². The first-order valence-corrected chi connectivity index (χ1v) is 8.48. The lowest BCUT2D eigenvalue weighted by atomic mass is 10.2. The molecule has 12 heteroatoms. The molecular weight excluding hydrogens is 362 g/mol. The number of rotatable bonds is 0. The van der Waals surface area contributed by atoms with Gasteiger partial charge in [-0.2, -0.15) is 0 Å². The number of phenolic OH excluding ortho intramolecular Hbond substituents is 1. The molecule has 1 aromatic carbocycles. The summed E-state index contributed by atoms with van der Waals surface area (Å²) in [7, 11) is -4.99. The van der Waals surface area contributed by atoms with Crippen molar-refractivity contribution in [2.24, 2.45) is 5.50 Å². The molecule has 1 heterocycles. The van der Waals surface area contributed by atoms with E-state index < -0.39 is 16.8 Å². The summed E-state index contributed by atoms with van der Waals surface area (Å²) in [5.74, 6) is 0.529. The Morgan fingerprint density at radius 2 is 1.71 bits per heavy atom. The molecule has 0 unspecified atom stereocenters. The standard InChI is InChI=1S/C12H7NO3.H4NO2P.HO3P/c14-7-1-3-9-11(5-7)16-12-6-8(15)2-4-10(12)13-9;2*1-4(2)3/h1-6,14H;2-3H,1H2;(H-,1,2,3)/p+1. The third kappa shape index (κ3) is 7.03. The molecule has 2 aliphatic rings. The fraction of sp³-hybridized carbons (Fsp3) is 0. The first-order chi connectivity index (χ1) is 11.2. The first kappa shape index (κ1) is 20.0. The quantitative estimate of drug-likeness (QED) is 0.242. The molecule has 7 N–H and O–H groups in total. The molecule has 3 rings (SSSR count). The second kappa shape index (κ2) is 9.31. The summed E-state index contributed by atoms with van der Waals surface area (Å²) in [6, 6.07) is 9.12. The maximum Gasteiger partial charge on any atom is 0.692 e. The van der Waals surface area contributed by atoms with E-state index in [4.69, 9.17) is 28.6 Å². The number of aromatic nitrogens is 1. The van der Waals surface area contributed by atoms with Crippen LogP contribution in [0.15, 0.2) is 45.6 Å². The van der Waals surface area contributed by atoms with Crippen molar-refractivity contribution in [1.29, 1.82) is 0 Å². The number of aromatic hydroxyl groups is 1. The minimum atomic E-state index is -2.87. The molecule has 0 atom stereocenters. The van der Waals surface area contributed by atoms with Crippen molar-refractivity contribution in [2.45, 2.75) is 0 Å². The van der Waals surface area contributed by atoms with Crippen LogP contribution in [0.2, 0.25) is 0 Å². The number of benzene rings is 2. The molecule has 24 heavy (non-hydrogen) atoms. The molecule has 0 radical (unpaired) electrons. The van der Waals surface area contributed by atoms with Crippen molar-refractivity contribution < 1.29 is 33.7 Å². The predicted molar refractivity (Wildman–Crippen MR) is 86.2 cm³/mol. The van der Waals surface area contributed by atoms with Crippen LogP contribution in [0.1, 0.15) is 0 Å². The van der Waals surface area contributed by atoms with Gasteiger partial charge in [-0.1, -0.05) is 0 Å². The van der Waals surface area contributed by atoms with Crippen molar-refractivity contribution in [3.63, 3.8) is 0 Å². The van der Waals surface area contributed by atoms with Crippen LogP contribution in [0.25, 0.3) is 22.6 Å². The molecule has 0 spiro atoms. The highest BCUT2D eigenvalue weighted by molar-refractivity contribution is 7.42. The van der Waals surface area contributed by atoms with Gasteiger partial charge in [0.2, 0.25) is 8.53 Å². The lowest BCUT2D eigenvalue weighted by Crippen LogP contribution is -1.99. The van der Waals surface area contributed by atoms with Crippen molar-refractivity contribution in [1.82, 2.24) is 4.98 Å². The highest BCUT2D eigenvalue weighted by Crippen LogP contribution is 2.25. The van der Waals surface area contributed by atoms with E-state index in [1.54, 1.807) is 18.2 Å². The van der Waals surface area contributed by atoms with Gasteiger partial charge in [0.15, 0.2) is 16.8 Å². The molecule has 0 fully saturated rings. The Balaban J connectivity index is 0.000000306. The van der Waals surface area contributed by atoms with Gasteiger partial charge < -0.3 is 19.3 Å². The molecule has 0 aromatic heterocycles. The lowest BCUT2D eigenvalue weighted by molar-refractivity contribution is 0.405. The molecule has 0 saturated carbocycles. The summed E-state index contributed by atoms with van der Waals surface area (Å²) in [5, 5.41) is 9.31. The van der Waals surface area contributed by atoms with E-state index in [2.05, 4.69) is 10.5 Å². The van der Waals surface area contributed by atoms with Crippen molar-refractivity contribution >= 4 is 27.9 Å². The molecule has 0 bridgehead atoms. The largest absolute Gasteiger partial charge is 0.692 e. The van der Waals surface area contributed by atoms with E-state index in [0.717, 1.165) is 0 Å².